The van der Waals surface area contributed by atoms with Gasteiger partial charge < -0.3 is 29.0 Å². The molecule has 1 heterocycles. The first-order valence-electron chi connectivity index (χ1n) is 11.2. The molecule has 8 heteroatoms. The third kappa shape index (κ3) is 5.37. The second kappa shape index (κ2) is 11.0. The monoisotopic (exact) mass is 497 g/mol. The van der Waals surface area contributed by atoms with E-state index in [0.29, 0.717) is 46.4 Å². The molecule has 3 aromatic carbocycles. The van der Waals surface area contributed by atoms with Gasteiger partial charge in [0.15, 0.2) is 17.8 Å². The molecule has 0 bridgehead atoms. The van der Waals surface area contributed by atoms with Gasteiger partial charge in [0.2, 0.25) is 0 Å². The van der Waals surface area contributed by atoms with Gasteiger partial charge in [-0.1, -0.05) is 29.8 Å². The van der Waals surface area contributed by atoms with Crippen molar-refractivity contribution in [1.82, 2.24) is 4.90 Å². The van der Waals surface area contributed by atoms with Gasteiger partial charge >= 0.3 is 0 Å². The lowest BCUT2D eigenvalue weighted by Gasteiger charge is -2.37. The van der Waals surface area contributed by atoms with Gasteiger partial charge in [-0.3, -0.25) is 4.79 Å². The zero-order valence-corrected chi connectivity index (χ0v) is 20.6. The number of carbonyl (C=O) groups excluding carboxylic acids is 1. The molecule has 0 spiro atoms. The maximum atomic E-state index is 13.5. The topological polar surface area (TPSA) is 77.5 Å². The van der Waals surface area contributed by atoms with Crippen LogP contribution in [0.4, 0.5) is 0 Å². The van der Waals surface area contributed by atoms with Crippen LogP contribution in [0.2, 0.25) is 5.02 Å². The Bertz CT molecular complexity index is 1180. The average molecular weight is 498 g/mol. The molecule has 0 aromatic heterocycles. The number of halogens is 1. The van der Waals surface area contributed by atoms with Crippen molar-refractivity contribution in [2.45, 2.75) is 18.8 Å². The van der Waals surface area contributed by atoms with Crippen molar-refractivity contribution in [1.29, 1.82) is 0 Å². The number of benzene rings is 3. The quantitative estimate of drug-likeness (QED) is 0.450. The summed E-state index contributed by atoms with van der Waals surface area (Å²) in [7, 11) is 4.63. The Morgan fingerprint density at radius 1 is 1.06 bits per heavy atom. The molecule has 0 saturated heterocycles. The number of fused-ring (bicyclic) bond motifs is 1. The van der Waals surface area contributed by atoms with Gasteiger partial charge in [0.05, 0.1) is 20.3 Å². The summed E-state index contributed by atoms with van der Waals surface area (Å²) in [6.07, 6.45) is -0.329. The Morgan fingerprint density at radius 3 is 2.43 bits per heavy atom. The van der Waals surface area contributed by atoms with E-state index in [1.54, 1.807) is 62.8 Å². The highest BCUT2D eigenvalue weighted by molar-refractivity contribution is 6.30. The van der Waals surface area contributed by atoms with Crippen molar-refractivity contribution >= 4 is 17.5 Å². The number of nitrogens with zero attached hydrogens (tertiary/aromatic N) is 1. The molecular formula is C27H28ClNO6. The van der Waals surface area contributed by atoms with E-state index in [9.17, 15) is 9.90 Å². The number of aliphatic hydroxyl groups excluding tert-OH is 1. The zero-order chi connectivity index (χ0) is 24.9. The van der Waals surface area contributed by atoms with Gasteiger partial charge in [-0.25, -0.2) is 0 Å². The molecule has 4 rings (SSSR count). The van der Waals surface area contributed by atoms with Crippen molar-refractivity contribution in [3.63, 3.8) is 0 Å². The summed E-state index contributed by atoms with van der Waals surface area (Å²) in [5, 5.41) is 10.3. The van der Waals surface area contributed by atoms with E-state index in [4.69, 9.17) is 30.5 Å². The lowest BCUT2D eigenvalue weighted by atomic mass is 9.91. The predicted molar refractivity (Wildman–Crippen MR) is 132 cm³/mol. The molecule has 1 N–H and O–H groups in total. The average Bonchev–Trinajstić information content (AvgIpc) is 2.90. The Hall–Kier alpha value is -3.26. The standard InChI is InChI=1S/C27H28ClNO6/c1-32-24-14-18-11-12-29(26(30)19-5-4-6-20(28)13-19)23(22(18)15-25(24)33-2)16-35-21-9-7-17(8-10-21)27(31)34-3/h4-10,13-15,23,27,31H,11-12,16H2,1-3H3. The minimum atomic E-state index is -0.998. The molecule has 1 amide bonds. The van der Waals surface area contributed by atoms with Crippen molar-refractivity contribution in [2.24, 2.45) is 0 Å². The molecule has 3 aromatic rings. The first-order valence-corrected chi connectivity index (χ1v) is 11.6. The summed E-state index contributed by atoms with van der Waals surface area (Å²) < 4.78 is 22.1. The number of hydrogen-bond acceptors (Lipinski definition) is 6. The van der Waals surface area contributed by atoms with Gasteiger partial charge in [-0.05, 0) is 60.0 Å². The molecule has 2 unspecified atom stereocenters. The van der Waals surface area contributed by atoms with E-state index in [0.717, 1.165) is 11.1 Å². The predicted octanol–water partition coefficient (Wildman–Crippen LogP) is 4.81. The third-order valence-electron chi connectivity index (χ3n) is 6.13. The van der Waals surface area contributed by atoms with Gasteiger partial charge in [-0.2, -0.15) is 0 Å². The summed E-state index contributed by atoms with van der Waals surface area (Å²) in [5.41, 5.74) is 3.16. The van der Waals surface area contributed by atoms with Crippen LogP contribution in [0.3, 0.4) is 0 Å². The van der Waals surface area contributed by atoms with Crippen LogP contribution in [-0.2, 0) is 11.2 Å². The van der Waals surface area contributed by atoms with Crippen LogP contribution < -0.4 is 14.2 Å². The zero-order valence-electron chi connectivity index (χ0n) is 19.9. The van der Waals surface area contributed by atoms with E-state index < -0.39 is 6.29 Å². The third-order valence-corrected chi connectivity index (χ3v) is 6.37. The molecule has 0 radical (unpaired) electrons. The maximum Gasteiger partial charge on any atom is 0.254 e. The summed E-state index contributed by atoms with van der Waals surface area (Å²) in [4.78, 5) is 15.3. The molecule has 0 saturated carbocycles. The van der Waals surface area contributed by atoms with E-state index in [1.807, 2.05) is 17.0 Å². The van der Waals surface area contributed by atoms with Crippen LogP contribution in [0.5, 0.6) is 17.2 Å². The van der Waals surface area contributed by atoms with E-state index in [1.165, 1.54) is 7.11 Å². The summed E-state index contributed by atoms with van der Waals surface area (Å²) in [5.74, 6) is 1.72. The minimum absolute atomic E-state index is 0.125. The van der Waals surface area contributed by atoms with Crippen molar-refractivity contribution in [3.8, 4) is 17.2 Å². The second-order valence-electron chi connectivity index (χ2n) is 8.15. The Labute approximate surface area is 209 Å². The van der Waals surface area contributed by atoms with Crippen LogP contribution in [0.25, 0.3) is 0 Å². The fourth-order valence-corrected chi connectivity index (χ4v) is 4.47. The SMILES string of the molecule is COc1cc2c(cc1OC)C(COc1ccc(C(O)OC)cc1)N(C(=O)c1cccc(Cl)c1)CC2. The number of ether oxygens (including phenoxy) is 4. The molecule has 1 aliphatic heterocycles. The van der Waals surface area contributed by atoms with Crippen LogP contribution >= 0.6 is 11.6 Å². The summed E-state index contributed by atoms with van der Waals surface area (Å²) in [6, 6.07) is 17.5. The van der Waals surface area contributed by atoms with Gasteiger partial charge in [0.1, 0.15) is 12.4 Å². The molecular weight excluding hydrogens is 470 g/mol. The molecule has 1 aliphatic rings. The number of hydrogen-bond donors (Lipinski definition) is 1. The van der Waals surface area contributed by atoms with Crippen molar-refractivity contribution < 1.29 is 28.8 Å². The minimum Gasteiger partial charge on any atom is -0.493 e. The van der Waals surface area contributed by atoms with E-state index >= 15 is 0 Å². The van der Waals surface area contributed by atoms with Crippen LogP contribution in [0, 0.1) is 0 Å². The van der Waals surface area contributed by atoms with Crippen LogP contribution in [0.15, 0.2) is 60.7 Å². The second-order valence-corrected chi connectivity index (χ2v) is 8.59. The van der Waals surface area contributed by atoms with Crippen LogP contribution in [0.1, 0.15) is 39.4 Å². The fraction of sp³-hybridized carbons (Fsp3) is 0.296. The molecule has 7 nitrogen and oxygen atoms in total. The normalized spacial score (nSPS) is 15.8. The molecule has 0 aliphatic carbocycles. The lowest BCUT2D eigenvalue weighted by molar-refractivity contribution is -0.0769. The van der Waals surface area contributed by atoms with E-state index in [-0.39, 0.29) is 18.6 Å². The van der Waals surface area contributed by atoms with Crippen LogP contribution in [-0.4, -0.2) is 50.4 Å². The fourth-order valence-electron chi connectivity index (χ4n) is 4.28. The van der Waals surface area contributed by atoms with Crippen molar-refractivity contribution in [3.05, 3.63) is 87.9 Å². The molecule has 184 valence electrons. The highest BCUT2D eigenvalue weighted by Crippen LogP contribution is 2.39. The first-order chi connectivity index (χ1) is 16.9. The maximum absolute atomic E-state index is 13.5. The molecule has 0 fully saturated rings. The molecule has 2 atom stereocenters. The Kier molecular flexibility index (Phi) is 7.80. The Balaban J connectivity index is 1.66. The smallest absolute Gasteiger partial charge is 0.254 e. The molecule has 35 heavy (non-hydrogen) atoms. The highest BCUT2D eigenvalue weighted by atomic mass is 35.5. The largest absolute Gasteiger partial charge is 0.493 e. The van der Waals surface area contributed by atoms with Gasteiger partial charge in [-0.15, -0.1) is 0 Å². The van der Waals surface area contributed by atoms with Crippen molar-refractivity contribution in [2.75, 3.05) is 34.5 Å². The first kappa shape index (κ1) is 24.9. The summed E-state index contributed by atoms with van der Waals surface area (Å²) >= 11 is 6.15. The Morgan fingerprint density at radius 2 is 1.77 bits per heavy atom. The number of methoxy groups -OCH3 is 3. The number of rotatable bonds is 8. The number of carbonyl (C=O) groups is 1. The van der Waals surface area contributed by atoms with Gasteiger partial charge in [0.25, 0.3) is 5.91 Å². The van der Waals surface area contributed by atoms with E-state index in [2.05, 4.69) is 0 Å². The highest BCUT2D eigenvalue weighted by Gasteiger charge is 2.33. The summed E-state index contributed by atoms with van der Waals surface area (Å²) in [6.45, 7) is 0.738. The number of amides is 1. The lowest BCUT2D eigenvalue weighted by Crippen LogP contribution is -2.42. The van der Waals surface area contributed by atoms with Gasteiger partial charge in [0, 0.05) is 29.8 Å². The number of aliphatic hydroxyl groups is 1.